The number of carbonyl (C=O) groups excluding carboxylic acids is 1. The summed E-state index contributed by atoms with van der Waals surface area (Å²) >= 11 is 5.23. The van der Waals surface area contributed by atoms with Crippen LogP contribution in [0.4, 0.5) is 0 Å². The molecule has 0 aliphatic heterocycles. The van der Waals surface area contributed by atoms with E-state index in [2.05, 4.69) is 37.3 Å². The summed E-state index contributed by atoms with van der Waals surface area (Å²) < 4.78 is 4.29. The lowest BCUT2D eigenvalue weighted by atomic mass is 10.4. The van der Waals surface area contributed by atoms with Crippen LogP contribution in [0.3, 0.4) is 0 Å². The van der Waals surface area contributed by atoms with E-state index < -0.39 is 0 Å². The number of nitrogens with one attached hydrogen (secondary N) is 1. The van der Waals surface area contributed by atoms with E-state index in [0.29, 0.717) is 6.04 Å². The fraction of sp³-hybridized carbons (Fsp3) is 0.357. The molecule has 3 nitrogen and oxygen atoms in total. The van der Waals surface area contributed by atoms with Gasteiger partial charge in [0.05, 0.1) is 14.7 Å². The van der Waals surface area contributed by atoms with Crippen LogP contribution < -0.4 is 5.32 Å². The van der Waals surface area contributed by atoms with Gasteiger partial charge in [-0.1, -0.05) is 12.2 Å². The smallest absolute Gasteiger partial charge is 0.268 e. The van der Waals surface area contributed by atoms with E-state index in [1.807, 2.05) is 19.1 Å². The number of halogens is 1. The number of hydrogen-bond donors (Lipinski definition) is 1. The van der Waals surface area contributed by atoms with Crippen molar-refractivity contribution in [2.75, 3.05) is 0 Å². The zero-order valence-corrected chi connectivity index (χ0v) is 13.1. The van der Waals surface area contributed by atoms with Crippen molar-refractivity contribution in [3.05, 3.63) is 33.8 Å². The lowest BCUT2D eigenvalue weighted by molar-refractivity contribution is 0.0942. The molecule has 1 amide bonds. The number of rotatable bonds is 4. The largest absolute Gasteiger partial charge is 0.348 e. The summed E-state index contributed by atoms with van der Waals surface area (Å²) in [5.41, 5.74) is 1.87. The molecule has 1 aliphatic rings. The Hall–Kier alpha value is -1.07. The maximum Gasteiger partial charge on any atom is 0.268 e. The first kappa shape index (κ1) is 12.9. The van der Waals surface area contributed by atoms with Crippen LogP contribution in [0, 0.1) is 0 Å². The number of hydrogen-bond acceptors (Lipinski definition) is 2. The third kappa shape index (κ3) is 2.49. The molecule has 3 rings (SSSR count). The van der Waals surface area contributed by atoms with Crippen LogP contribution in [0.1, 0.15) is 30.3 Å². The third-order valence-corrected chi connectivity index (χ3v) is 5.07. The number of thiophene rings is 1. The predicted molar refractivity (Wildman–Crippen MR) is 82.8 cm³/mol. The molecule has 0 atom stereocenters. The Bertz CT molecular complexity index is 652. The summed E-state index contributed by atoms with van der Waals surface area (Å²) in [7, 11) is 0. The van der Waals surface area contributed by atoms with Crippen LogP contribution in [0.15, 0.2) is 28.1 Å². The van der Waals surface area contributed by atoms with Gasteiger partial charge in [-0.3, -0.25) is 4.79 Å². The highest BCUT2D eigenvalue weighted by Crippen LogP contribution is 2.33. The topological polar surface area (TPSA) is 34.0 Å². The standard InChI is InChI=1S/C14H15BrN2OS/c1-2-3-6-17-11(14(18)16-9-4-5-9)7-12-13(17)10(15)8-19-12/h2-3,7-9H,4-6H2,1H3,(H,16,18)/b3-2+. The number of carbonyl (C=O) groups is 1. The zero-order chi connectivity index (χ0) is 13.4. The van der Waals surface area contributed by atoms with E-state index in [1.54, 1.807) is 11.3 Å². The quantitative estimate of drug-likeness (QED) is 0.842. The molecule has 0 saturated heterocycles. The highest BCUT2D eigenvalue weighted by atomic mass is 79.9. The number of allylic oxidation sites excluding steroid dienone is 2. The first-order chi connectivity index (χ1) is 9.20. The normalized spacial score (nSPS) is 15.5. The van der Waals surface area contributed by atoms with Crippen molar-refractivity contribution in [2.45, 2.75) is 32.4 Å². The van der Waals surface area contributed by atoms with Crippen molar-refractivity contribution in [2.24, 2.45) is 0 Å². The van der Waals surface area contributed by atoms with E-state index >= 15 is 0 Å². The van der Waals surface area contributed by atoms with Crippen LogP contribution >= 0.6 is 27.3 Å². The molecule has 5 heteroatoms. The number of nitrogens with zero attached hydrogens (tertiary/aromatic N) is 1. The van der Waals surface area contributed by atoms with Gasteiger partial charge in [0.2, 0.25) is 0 Å². The molecule has 0 aromatic carbocycles. The minimum Gasteiger partial charge on any atom is -0.348 e. The maximum absolute atomic E-state index is 12.3. The summed E-state index contributed by atoms with van der Waals surface area (Å²) in [6, 6.07) is 2.38. The van der Waals surface area contributed by atoms with Gasteiger partial charge in [-0.2, -0.15) is 0 Å². The molecule has 1 N–H and O–H groups in total. The molecule has 100 valence electrons. The molecule has 0 bridgehead atoms. The second-order valence-electron chi connectivity index (χ2n) is 4.75. The highest BCUT2D eigenvalue weighted by Gasteiger charge is 2.26. The monoisotopic (exact) mass is 338 g/mol. The third-order valence-electron chi connectivity index (χ3n) is 3.25. The first-order valence-electron chi connectivity index (χ1n) is 6.39. The molecule has 0 unspecified atom stereocenters. The van der Waals surface area contributed by atoms with Crippen LogP contribution in [-0.4, -0.2) is 16.5 Å². The summed E-state index contributed by atoms with van der Waals surface area (Å²) in [6.07, 6.45) is 6.30. The fourth-order valence-electron chi connectivity index (χ4n) is 2.11. The first-order valence-corrected chi connectivity index (χ1v) is 8.06. The van der Waals surface area contributed by atoms with Crippen LogP contribution in [0.5, 0.6) is 0 Å². The average molecular weight is 339 g/mol. The zero-order valence-electron chi connectivity index (χ0n) is 10.6. The number of aromatic nitrogens is 1. The second-order valence-corrected chi connectivity index (χ2v) is 6.52. The van der Waals surface area contributed by atoms with Gasteiger partial charge in [0, 0.05) is 18.0 Å². The van der Waals surface area contributed by atoms with Crippen LogP contribution in [0.25, 0.3) is 10.2 Å². The summed E-state index contributed by atoms with van der Waals surface area (Å²) in [6.45, 7) is 2.72. The van der Waals surface area contributed by atoms with Gasteiger partial charge < -0.3 is 9.88 Å². The molecule has 0 radical (unpaired) electrons. The Morgan fingerprint density at radius 3 is 3.11 bits per heavy atom. The molecule has 0 spiro atoms. The highest BCUT2D eigenvalue weighted by molar-refractivity contribution is 9.10. The van der Waals surface area contributed by atoms with Gasteiger partial charge in [-0.15, -0.1) is 11.3 Å². The minimum atomic E-state index is 0.0438. The molecule has 2 aromatic heterocycles. The summed E-state index contributed by atoms with van der Waals surface area (Å²) in [5.74, 6) is 0.0438. The van der Waals surface area contributed by atoms with E-state index in [1.165, 1.54) is 0 Å². The minimum absolute atomic E-state index is 0.0438. The Kier molecular flexibility index (Phi) is 3.50. The predicted octanol–water partition coefficient (Wildman–Crippen LogP) is 3.93. The lowest BCUT2D eigenvalue weighted by Gasteiger charge is -2.08. The summed E-state index contributed by atoms with van der Waals surface area (Å²) in [5, 5.41) is 5.13. The average Bonchev–Trinajstić information content (AvgIpc) is 3.01. The Labute approximate surface area is 124 Å². The molecule has 1 aliphatic carbocycles. The van der Waals surface area contributed by atoms with Crippen molar-refractivity contribution in [1.82, 2.24) is 9.88 Å². The Morgan fingerprint density at radius 2 is 2.42 bits per heavy atom. The maximum atomic E-state index is 12.3. The van der Waals surface area contributed by atoms with Gasteiger partial charge >= 0.3 is 0 Å². The molecular weight excluding hydrogens is 324 g/mol. The number of fused-ring (bicyclic) bond motifs is 1. The van der Waals surface area contributed by atoms with Gasteiger partial charge in [0.25, 0.3) is 5.91 Å². The lowest BCUT2D eigenvalue weighted by Crippen LogP contribution is -2.27. The summed E-state index contributed by atoms with van der Waals surface area (Å²) in [4.78, 5) is 12.3. The SMILES string of the molecule is C/C=C/Cn1c(C(=O)NC2CC2)cc2scc(Br)c21. The Morgan fingerprint density at radius 1 is 1.63 bits per heavy atom. The van der Waals surface area contributed by atoms with E-state index in [0.717, 1.165) is 39.8 Å². The van der Waals surface area contributed by atoms with Crippen LogP contribution in [0.2, 0.25) is 0 Å². The van der Waals surface area contributed by atoms with Crippen molar-refractivity contribution in [3.8, 4) is 0 Å². The van der Waals surface area contributed by atoms with Crippen LogP contribution in [-0.2, 0) is 6.54 Å². The fourth-order valence-corrected chi connectivity index (χ4v) is 3.80. The van der Waals surface area contributed by atoms with Crippen molar-refractivity contribution in [3.63, 3.8) is 0 Å². The molecule has 1 fully saturated rings. The molecule has 19 heavy (non-hydrogen) atoms. The van der Waals surface area contributed by atoms with Crippen molar-refractivity contribution >= 4 is 43.4 Å². The number of amides is 1. The second kappa shape index (κ2) is 5.13. The van der Waals surface area contributed by atoms with Crippen molar-refractivity contribution in [1.29, 1.82) is 0 Å². The van der Waals surface area contributed by atoms with Gasteiger partial charge in [-0.05, 0) is 41.8 Å². The van der Waals surface area contributed by atoms with E-state index in [9.17, 15) is 4.79 Å². The Balaban J connectivity index is 2.03. The van der Waals surface area contributed by atoms with Crippen molar-refractivity contribution < 1.29 is 4.79 Å². The van der Waals surface area contributed by atoms with Gasteiger partial charge in [0.1, 0.15) is 5.69 Å². The van der Waals surface area contributed by atoms with Gasteiger partial charge in [-0.25, -0.2) is 0 Å². The molecular formula is C14H15BrN2OS. The molecule has 1 saturated carbocycles. The molecule has 2 aromatic rings. The van der Waals surface area contributed by atoms with Gasteiger partial charge in [0.15, 0.2) is 0 Å². The van der Waals surface area contributed by atoms with E-state index in [4.69, 9.17) is 0 Å². The molecule has 2 heterocycles. The van der Waals surface area contributed by atoms with E-state index in [-0.39, 0.29) is 5.91 Å².